The molecule has 116 valence electrons. The number of thioether (sulfide) groups is 1. The van der Waals surface area contributed by atoms with Crippen molar-refractivity contribution < 1.29 is 4.79 Å². The highest BCUT2D eigenvalue weighted by Gasteiger charge is 2.24. The molecular weight excluding hydrogens is 280 g/mol. The minimum Gasteiger partial charge on any atom is -0.339 e. The third-order valence-electron chi connectivity index (χ3n) is 4.23. The van der Waals surface area contributed by atoms with E-state index in [1.165, 1.54) is 5.56 Å². The van der Waals surface area contributed by atoms with Crippen LogP contribution in [0.4, 0.5) is 0 Å². The number of piperidine rings is 1. The minimum atomic E-state index is 0.152. The van der Waals surface area contributed by atoms with Crippen LogP contribution in [0.5, 0.6) is 0 Å². The Hall–Kier alpha value is -1.00. The van der Waals surface area contributed by atoms with Crippen LogP contribution >= 0.6 is 11.8 Å². The van der Waals surface area contributed by atoms with E-state index in [0.717, 1.165) is 43.0 Å². The van der Waals surface area contributed by atoms with Gasteiger partial charge in [-0.15, -0.1) is 0 Å². The van der Waals surface area contributed by atoms with Crippen LogP contribution in [0.15, 0.2) is 24.3 Å². The zero-order chi connectivity index (χ0) is 15.2. The summed E-state index contributed by atoms with van der Waals surface area (Å²) < 4.78 is 0. The predicted octanol–water partition coefficient (Wildman–Crippen LogP) is 3.11. The number of carbonyl (C=O) groups excluding carboxylic acids is 1. The number of carbonyl (C=O) groups is 1. The zero-order valence-corrected chi connectivity index (χ0v) is 14.2. The Morgan fingerprint density at radius 2 is 1.90 bits per heavy atom. The lowest BCUT2D eigenvalue weighted by Crippen LogP contribution is -2.44. The molecule has 0 spiro atoms. The van der Waals surface area contributed by atoms with Gasteiger partial charge < -0.3 is 9.80 Å². The lowest BCUT2D eigenvalue weighted by molar-refractivity contribution is 0.0659. The van der Waals surface area contributed by atoms with E-state index in [0.29, 0.717) is 6.04 Å². The Morgan fingerprint density at radius 3 is 2.48 bits per heavy atom. The molecule has 0 N–H and O–H groups in total. The Labute approximate surface area is 132 Å². The van der Waals surface area contributed by atoms with Crippen molar-refractivity contribution in [3.05, 3.63) is 35.4 Å². The fourth-order valence-electron chi connectivity index (χ4n) is 2.72. The summed E-state index contributed by atoms with van der Waals surface area (Å²) in [6.45, 7) is 4.32. The average Bonchev–Trinajstić information content (AvgIpc) is 2.53. The molecule has 0 unspecified atom stereocenters. The van der Waals surface area contributed by atoms with Crippen molar-refractivity contribution in [1.29, 1.82) is 0 Å². The monoisotopic (exact) mass is 306 g/mol. The first-order valence-corrected chi connectivity index (χ1v) is 8.89. The fourth-order valence-corrected chi connectivity index (χ4v) is 3.35. The van der Waals surface area contributed by atoms with Crippen LogP contribution in [0.3, 0.4) is 0 Å². The lowest BCUT2D eigenvalue weighted by atomic mass is 10.0. The van der Waals surface area contributed by atoms with Crippen LogP contribution in [0.2, 0.25) is 0 Å². The van der Waals surface area contributed by atoms with Crippen molar-refractivity contribution in [2.24, 2.45) is 0 Å². The predicted molar refractivity (Wildman–Crippen MR) is 90.9 cm³/mol. The summed E-state index contributed by atoms with van der Waals surface area (Å²) in [4.78, 5) is 16.8. The molecule has 0 radical (unpaired) electrons. The first-order chi connectivity index (χ1) is 10.1. The van der Waals surface area contributed by atoms with Crippen LogP contribution < -0.4 is 0 Å². The molecule has 3 nitrogen and oxygen atoms in total. The number of hydrogen-bond donors (Lipinski definition) is 0. The topological polar surface area (TPSA) is 23.6 Å². The Bertz CT molecular complexity index is 452. The SMILES string of the molecule is CCSCc1ccc(C(=O)N(C)C2CCN(C)CC2)cc1. The number of benzene rings is 1. The maximum Gasteiger partial charge on any atom is 0.253 e. The van der Waals surface area contributed by atoms with Crippen molar-refractivity contribution in [2.75, 3.05) is 32.9 Å². The Morgan fingerprint density at radius 1 is 1.29 bits per heavy atom. The van der Waals surface area contributed by atoms with Crippen LogP contribution in [-0.4, -0.2) is 54.7 Å². The van der Waals surface area contributed by atoms with Crippen molar-refractivity contribution in [1.82, 2.24) is 9.80 Å². The molecule has 4 heteroatoms. The first kappa shape index (κ1) is 16.4. The quantitative estimate of drug-likeness (QED) is 0.835. The number of amides is 1. The Balaban J connectivity index is 1.95. The van der Waals surface area contributed by atoms with Crippen molar-refractivity contribution in [3.63, 3.8) is 0 Å². The van der Waals surface area contributed by atoms with Crippen LogP contribution in [-0.2, 0) is 5.75 Å². The molecule has 1 aromatic rings. The molecule has 0 saturated carbocycles. The zero-order valence-electron chi connectivity index (χ0n) is 13.3. The molecule has 0 atom stereocenters. The van der Waals surface area contributed by atoms with Gasteiger partial charge in [0.05, 0.1) is 0 Å². The maximum atomic E-state index is 12.6. The molecule has 1 aliphatic heterocycles. The standard InChI is InChI=1S/C17H26N2OS/c1-4-21-13-14-5-7-15(8-6-14)17(20)19(3)16-9-11-18(2)12-10-16/h5-8,16H,4,9-13H2,1-3H3. The summed E-state index contributed by atoms with van der Waals surface area (Å²) in [5.74, 6) is 2.30. The number of nitrogens with zero attached hydrogens (tertiary/aromatic N) is 2. The van der Waals surface area contributed by atoms with Gasteiger partial charge in [-0.2, -0.15) is 11.8 Å². The maximum absolute atomic E-state index is 12.6. The molecule has 0 aromatic heterocycles. The molecule has 21 heavy (non-hydrogen) atoms. The van der Waals surface area contributed by atoms with E-state index in [9.17, 15) is 4.79 Å². The molecule has 2 rings (SSSR count). The third kappa shape index (κ3) is 4.48. The highest BCUT2D eigenvalue weighted by atomic mass is 32.2. The smallest absolute Gasteiger partial charge is 0.253 e. The van der Waals surface area contributed by atoms with Crippen LogP contribution in [0.1, 0.15) is 35.7 Å². The van der Waals surface area contributed by atoms with E-state index in [-0.39, 0.29) is 5.91 Å². The fraction of sp³-hybridized carbons (Fsp3) is 0.588. The van der Waals surface area contributed by atoms with E-state index >= 15 is 0 Å². The molecule has 0 aliphatic carbocycles. The molecule has 0 bridgehead atoms. The normalized spacial score (nSPS) is 16.9. The number of rotatable bonds is 5. The molecule has 1 amide bonds. The summed E-state index contributed by atoms with van der Waals surface area (Å²) in [6, 6.07) is 8.49. The van der Waals surface area contributed by atoms with E-state index in [1.54, 1.807) is 0 Å². The van der Waals surface area contributed by atoms with Crippen LogP contribution in [0.25, 0.3) is 0 Å². The molecule has 1 fully saturated rings. The number of likely N-dealkylation sites (tertiary alicyclic amines) is 1. The third-order valence-corrected chi connectivity index (χ3v) is 5.18. The highest BCUT2D eigenvalue weighted by Crippen LogP contribution is 2.18. The van der Waals surface area contributed by atoms with Gasteiger partial charge in [0, 0.05) is 24.4 Å². The van der Waals surface area contributed by atoms with Gasteiger partial charge >= 0.3 is 0 Å². The highest BCUT2D eigenvalue weighted by molar-refractivity contribution is 7.98. The summed E-state index contributed by atoms with van der Waals surface area (Å²) in [5, 5.41) is 0. The Kier molecular flexibility index (Phi) is 6.12. The average molecular weight is 306 g/mol. The van der Waals surface area contributed by atoms with Gasteiger partial charge in [-0.25, -0.2) is 0 Å². The van der Waals surface area contributed by atoms with E-state index in [2.05, 4.69) is 31.0 Å². The summed E-state index contributed by atoms with van der Waals surface area (Å²) in [5.41, 5.74) is 2.10. The van der Waals surface area contributed by atoms with Gasteiger partial charge in [-0.3, -0.25) is 4.79 Å². The van der Waals surface area contributed by atoms with E-state index < -0.39 is 0 Å². The summed E-state index contributed by atoms with van der Waals surface area (Å²) in [6.07, 6.45) is 2.15. The van der Waals surface area contributed by atoms with Gasteiger partial charge in [0.2, 0.25) is 0 Å². The van der Waals surface area contributed by atoms with Crippen molar-refractivity contribution >= 4 is 17.7 Å². The molecule has 1 aliphatic rings. The van der Waals surface area contributed by atoms with Gasteiger partial charge in [0.15, 0.2) is 0 Å². The summed E-state index contributed by atoms with van der Waals surface area (Å²) >= 11 is 1.90. The lowest BCUT2D eigenvalue weighted by Gasteiger charge is -2.35. The molecule has 1 saturated heterocycles. The number of hydrogen-bond acceptors (Lipinski definition) is 3. The molecular formula is C17H26N2OS. The van der Waals surface area contributed by atoms with Gasteiger partial charge in [0.1, 0.15) is 0 Å². The second-order valence-electron chi connectivity index (χ2n) is 5.78. The van der Waals surface area contributed by atoms with E-state index in [1.807, 2.05) is 35.8 Å². The largest absolute Gasteiger partial charge is 0.339 e. The van der Waals surface area contributed by atoms with Crippen LogP contribution in [0, 0.1) is 0 Å². The van der Waals surface area contributed by atoms with Crippen molar-refractivity contribution in [3.8, 4) is 0 Å². The van der Waals surface area contributed by atoms with E-state index in [4.69, 9.17) is 0 Å². The first-order valence-electron chi connectivity index (χ1n) is 7.74. The second-order valence-corrected chi connectivity index (χ2v) is 7.06. The van der Waals surface area contributed by atoms with Gasteiger partial charge in [-0.05, 0) is 56.4 Å². The second kappa shape index (κ2) is 7.85. The minimum absolute atomic E-state index is 0.152. The molecule has 1 heterocycles. The summed E-state index contributed by atoms with van der Waals surface area (Å²) in [7, 11) is 4.09. The van der Waals surface area contributed by atoms with Gasteiger partial charge in [-0.1, -0.05) is 19.1 Å². The van der Waals surface area contributed by atoms with Gasteiger partial charge in [0.25, 0.3) is 5.91 Å². The van der Waals surface area contributed by atoms with Crippen molar-refractivity contribution in [2.45, 2.75) is 31.6 Å². The molecule has 1 aromatic carbocycles.